The third-order valence-electron chi connectivity index (χ3n) is 5.15. The zero-order valence-corrected chi connectivity index (χ0v) is 21.3. The first-order chi connectivity index (χ1) is 17.1. The predicted octanol–water partition coefficient (Wildman–Crippen LogP) is 4.13. The number of carbonyl (C=O) groups is 2. The number of hydrogen-bond donors (Lipinski definition) is 1. The molecular weight excluding hydrogens is 483 g/mol. The Kier molecular flexibility index (Phi) is 7.30. The number of hydrogen-bond acceptors (Lipinski definition) is 7. The second-order valence-electron chi connectivity index (χ2n) is 9.34. The molecule has 1 N–H and O–H groups in total. The molecule has 0 spiro atoms. The van der Waals surface area contributed by atoms with Crippen LogP contribution in [0.15, 0.2) is 58.3 Å². The van der Waals surface area contributed by atoms with E-state index in [-0.39, 0.29) is 30.6 Å². The minimum absolute atomic E-state index is 0.192. The standard InChI is InChI=1S/C25H27FN6O3S/c1-16-7-12-20(35-16)22(24(34)27-25(2,3)4)31(14-19-6-5-13-36-19)21(33)15-32-29-23(28-30-32)17-8-10-18(26)11-9-17/h5-13,22H,14-15H2,1-4H3,(H,27,34)/t22-/m1/s1. The third kappa shape index (κ3) is 6.22. The van der Waals surface area contributed by atoms with Gasteiger partial charge in [0.05, 0.1) is 6.54 Å². The van der Waals surface area contributed by atoms with Crippen molar-refractivity contribution in [3.63, 3.8) is 0 Å². The maximum Gasteiger partial charge on any atom is 0.251 e. The van der Waals surface area contributed by atoms with Gasteiger partial charge in [-0.3, -0.25) is 9.59 Å². The smallest absolute Gasteiger partial charge is 0.251 e. The maximum absolute atomic E-state index is 13.7. The Morgan fingerprint density at radius 3 is 2.53 bits per heavy atom. The Balaban J connectivity index is 1.65. The Hall–Kier alpha value is -3.86. The summed E-state index contributed by atoms with van der Waals surface area (Å²) < 4.78 is 19.1. The molecule has 1 atom stereocenters. The van der Waals surface area contributed by atoms with Crippen molar-refractivity contribution in [1.29, 1.82) is 0 Å². The van der Waals surface area contributed by atoms with Gasteiger partial charge < -0.3 is 14.6 Å². The number of tetrazole rings is 1. The van der Waals surface area contributed by atoms with Gasteiger partial charge in [-0.2, -0.15) is 4.80 Å². The largest absolute Gasteiger partial charge is 0.464 e. The quantitative estimate of drug-likeness (QED) is 0.382. The molecule has 11 heteroatoms. The highest BCUT2D eigenvalue weighted by atomic mass is 32.1. The number of furan rings is 1. The van der Waals surface area contributed by atoms with Crippen molar-refractivity contribution in [3.05, 3.63) is 76.1 Å². The summed E-state index contributed by atoms with van der Waals surface area (Å²) in [5.41, 5.74) is 0.0469. The van der Waals surface area contributed by atoms with Crippen LogP contribution in [0.5, 0.6) is 0 Å². The molecule has 4 aromatic rings. The Labute approximate surface area is 211 Å². The highest BCUT2D eigenvalue weighted by molar-refractivity contribution is 7.09. The molecule has 0 saturated heterocycles. The number of aromatic nitrogens is 4. The summed E-state index contributed by atoms with van der Waals surface area (Å²) in [6.45, 7) is 7.34. The lowest BCUT2D eigenvalue weighted by Crippen LogP contribution is -2.49. The zero-order chi connectivity index (χ0) is 25.9. The van der Waals surface area contributed by atoms with E-state index >= 15 is 0 Å². The number of benzene rings is 1. The van der Waals surface area contributed by atoms with Gasteiger partial charge >= 0.3 is 0 Å². The van der Waals surface area contributed by atoms with Gasteiger partial charge in [0, 0.05) is 16.0 Å². The molecule has 188 valence electrons. The number of nitrogens with zero attached hydrogens (tertiary/aromatic N) is 5. The zero-order valence-electron chi connectivity index (χ0n) is 20.4. The molecule has 0 aliphatic rings. The van der Waals surface area contributed by atoms with E-state index < -0.39 is 17.5 Å². The first-order valence-corrected chi connectivity index (χ1v) is 12.2. The van der Waals surface area contributed by atoms with E-state index in [1.54, 1.807) is 19.1 Å². The van der Waals surface area contributed by atoms with Crippen molar-refractivity contribution in [2.45, 2.75) is 52.4 Å². The molecule has 0 radical (unpaired) electrons. The van der Waals surface area contributed by atoms with Crippen molar-refractivity contribution in [1.82, 2.24) is 30.4 Å². The second kappa shape index (κ2) is 10.4. The predicted molar refractivity (Wildman–Crippen MR) is 132 cm³/mol. The van der Waals surface area contributed by atoms with Crippen molar-refractivity contribution in [2.75, 3.05) is 0 Å². The normalized spacial score (nSPS) is 12.4. The fraction of sp³-hybridized carbons (Fsp3) is 0.320. The van der Waals surface area contributed by atoms with Crippen LogP contribution in [0.25, 0.3) is 11.4 Å². The molecular formula is C25H27FN6O3S. The van der Waals surface area contributed by atoms with Crippen LogP contribution >= 0.6 is 11.3 Å². The Morgan fingerprint density at radius 2 is 1.92 bits per heavy atom. The fourth-order valence-corrected chi connectivity index (χ4v) is 4.30. The molecule has 2 amide bonds. The SMILES string of the molecule is Cc1ccc([C@H](C(=O)NC(C)(C)C)N(Cc2cccs2)C(=O)Cn2nnc(-c3ccc(F)cc3)n2)o1. The number of thiophene rings is 1. The first kappa shape index (κ1) is 25.2. The van der Waals surface area contributed by atoms with E-state index in [0.717, 1.165) is 9.67 Å². The van der Waals surface area contributed by atoms with Gasteiger partial charge in [0.25, 0.3) is 5.91 Å². The molecule has 1 aromatic carbocycles. The van der Waals surface area contributed by atoms with E-state index in [2.05, 4.69) is 20.7 Å². The molecule has 0 aliphatic carbocycles. The van der Waals surface area contributed by atoms with Crippen LogP contribution < -0.4 is 5.32 Å². The van der Waals surface area contributed by atoms with Crippen LogP contribution in [0.3, 0.4) is 0 Å². The molecule has 9 nitrogen and oxygen atoms in total. The third-order valence-corrected chi connectivity index (χ3v) is 6.01. The molecule has 3 heterocycles. The van der Waals surface area contributed by atoms with E-state index in [4.69, 9.17) is 4.42 Å². The lowest BCUT2D eigenvalue weighted by Gasteiger charge is -2.32. The van der Waals surface area contributed by atoms with E-state index in [9.17, 15) is 14.0 Å². The van der Waals surface area contributed by atoms with Gasteiger partial charge in [0.1, 0.15) is 23.9 Å². The van der Waals surface area contributed by atoms with Crippen molar-refractivity contribution >= 4 is 23.2 Å². The van der Waals surface area contributed by atoms with Crippen molar-refractivity contribution < 1.29 is 18.4 Å². The number of amides is 2. The molecule has 0 fully saturated rings. The average molecular weight is 511 g/mol. The summed E-state index contributed by atoms with van der Waals surface area (Å²) in [6, 6.07) is 11.9. The topological polar surface area (TPSA) is 106 Å². The van der Waals surface area contributed by atoms with Crippen molar-refractivity contribution in [3.8, 4) is 11.4 Å². The van der Waals surface area contributed by atoms with Crippen LogP contribution in [0.4, 0.5) is 4.39 Å². The van der Waals surface area contributed by atoms with Gasteiger partial charge in [-0.15, -0.1) is 21.5 Å². The summed E-state index contributed by atoms with van der Waals surface area (Å²) in [7, 11) is 0. The van der Waals surface area contributed by atoms with Gasteiger partial charge in [0.15, 0.2) is 6.04 Å². The molecule has 0 unspecified atom stereocenters. The van der Waals surface area contributed by atoms with Crippen LogP contribution in [0.2, 0.25) is 0 Å². The number of aryl methyl sites for hydroxylation is 1. The number of rotatable bonds is 8. The summed E-state index contributed by atoms with van der Waals surface area (Å²) >= 11 is 1.48. The molecule has 0 bridgehead atoms. The highest BCUT2D eigenvalue weighted by Gasteiger charge is 2.36. The monoisotopic (exact) mass is 510 g/mol. The Morgan fingerprint density at radius 1 is 1.17 bits per heavy atom. The van der Waals surface area contributed by atoms with Crippen LogP contribution in [-0.2, 0) is 22.7 Å². The minimum atomic E-state index is -1.01. The fourth-order valence-electron chi connectivity index (χ4n) is 3.59. The van der Waals surface area contributed by atoms with Gasteiger partial charge in [-0.1, -0.05) is 6.07 Å². The summed E-state index contributed by atoms with van der Waals surface area (Å²) in [5.74, 6) is 0.117. The number of halogens is 1. The van der Waals surface area contributed by atoms with E-state index in [0.29, 0.717) is 17.1 Å². The molecule has 4 rings (SSSR count). The van der Waals surface area contributed by atoms with Gasteiger partial charge in [0.2, 0.25) is 11.7 Å². The second-order valence-corrected chi connectivity index (χ2v) is 10.4. The molecule has 0 aliphatic heterocycles. The molecule has 36 heavy (non-hydrogen) atoms. The van der Waals surface area contributed by atoms with Crippen LogP contribution in [-0.4, -0.2) is 42.5 Å². The van der Waals surface area contributed by atoms with E-state index in [1.807, 2.05) is 38.3 Å². The van der Waals surface area contributed by atoms with Crippen LogP contribution in [0.1, 0.15) is 43.2 Å². The molecule has 0 saturated carbocycles. The highest BCUT2D eigenvalue weighted by Crippen LogP contribution is 2.28. The number of nitrogens with one attached hydrogen (secondary N) is 1. The van der Waals surface area contributed by atoms with E-state index in [1.165, 1.54) is 40.5 Å². The Bertz CT molecular complexity index is 1320. The van der Waals surface area contributed by atoms with Gasteiger partial charge in [-0.25, -0.2) is 4.39 Å². The van der Waals surface area contributed by atoms with Gasteiger partial charge in [-0.05, 0) is 80.8 Å². The maximum atomic E-state index is 13.7. The molecule has 3 aromatic heterocycles. The summed E-state index contributed by atoms with van der Waals surface area (Å²) in [5, 5.41) is 17.1. The summed E-state index contributed by atoms with van der Waals surface area (Å²) in [6.07, 6.45) is 0. The lowest BCUT2D eigenvalue weighted by atomic mass is 10.1. The first-order valence-electron chi connectivity index (χ1n) is 11.3. The number of carbonyl (C=O) groups excluding carboxylic acids is 2. The average Bonchev–Trinajstić information content (AvgIpc) is 3.56. The lowest BCUT2D eigenvalue weighted by molar-refractivity contribution is -0.143. The minimum Gasteiger partial charge on any atom is -0.464 e. The van der Waals surface area contributed by atoms with Crippen LogP contribution in [0, 0.1) is 12.7 Å². The van der Waals surface area contributed by atoms with Crippen molar-refractivity contribution in [2.24, 2.45) is 0 Å². The summed E-state index contributed by atoms with van der Waals surface area (Å²) in [4.78, 5) is 30.6.